The quantitative estimate of drug-likeness (QED) is 0.723. The van der Waals surface area contributed by atoms with E-state index in [0.717, 1.165) is 6.42 Å². The van der Waals surface area contributed by atoms with Crippen LogP contribution in [0.5, 0.6) is 5.75 Å². The zero-order valence-corrected chi connectivity index (χ0v) is 9.27. The van der Waals surface area contributed by atoms with Gasteiger partial charge in [-0.1, -0.05) is 6.07 Å². The lowest BCUT2D eigenvalue weighted by molar-refractivity contribution is 0.0695. The van der Waals surface area contributed by atoms with E-state index in [1.165, 1.54) is 0 Å². The lowest BCUT2D eigenvalue weighted by atomic mass is 10.1. The van der Waals surface area contributed by atoms with Gasteiger partial charge in [-0.15, -0.1) is 0 Å². The number of aliphatic hydroxyl groups excluding tert-OH is 1. The Kier molecular flexibility index (Phi) is 4.79. The van der Waals surface area contributed by atoms with Gasteiger partial charge in [0.25, 0.3) is 0 Å². The minimum atomic E-state index is -0.946. The molecular weight excluding hydrogens is 208 g/mol. The van der Waals surface area contributed by atoms with Gasteiger partial charge in [-0.2, -0.15) is 0 Å². The Bertz CT molecular complexity index is 360. The molecule has 0 fully saturated rings. The van der Waals surface area contributed by atoms with E-state index in [1.807, 2.05) is 0 Å². The highest BCUT2D eigenvalue weighted by Gasteiger charge is 2.10. The van der Waals surface area contributed by atoms with E-state index in [9.17, 15) is 4.79 Å². The van der Waals surface area contributed by atoms with E-state index in [0.29, 0.717) is 24.3 Å². The van der Waals surface area contributed by atoms with Crippen LogP contribution in [0.2, 0.25) is 0 Å². The second kappa shape index (κ2) is 6.12. The van der Waals surface area contributed by atoms with Gasteiger partial charge in [-0.25, -0.2) is 4.79 Å². The van der Waals surface area contributed by atoms with Crippen molar-refractivity contribution in [1.29, 1.82) is 0 Å². The number of hydrogen-bond acceptors (Lipinski definition) is 3. The summed E-state index contributed by atoms with van der Waals surface area (Å²) in [6.07, 6.45) is 1.45. The molecule has 1 aromatic rings. The highest BCUT2D eigenvalue weighted by atomic mass is 16.5. The van der Waals surface area contributed by atoms with Crippen molar-refractivity contribution in [2.75, 3.05) is 13.2 Å². The summed E-state index contributed by atoms with van der Waals surface area (Å²) in [7, 11) is 0. The molecule has 0 aliphatic rings. The largest absolute Gasteiger partial charge is 0.493 e. The van der Waals surface area contributed by atoms with Crippen LogP contribution in [0.25, 0.3) is 0 Å². The summed E-state index contributed by atoms with van der Waals surface area (Å²) in [5.41, 5.74) is 0.902. The average Bonchev–Trinajstić information content (AvgIpc) is 2.26. The van der Waals surface area contributed by atoms with Crippen LogP contribution in [0.4, 0.5) is 0 Å². The van der Waals surface area contributed by atoms with Gasteiger partial charge >= 0.3 is 5.97 Å². The third-order valence-corrected chi connectivity index (χ3v) is 2.32. The Morgan fingerprint density at radius 1 is 1.38 bits per heavy atom. The molecule has 0 aliphatic heterocycles. The van der Waals surface area contributed by atoms with Gasteiger partial charge in [0.15, 0.2) is 0 Å². The fourth-order valence-electron chi connectivity index (χ4n) is 1.40. The Morgan fingerprint density at radius 2 is 2.12 bits per heavy atom. The molecule has 0 unspecified atom stereocenters. The van der Waals surface area contributed by atoms with Crippen LogP contribution in [0.15, 0.2) is 18.2 Å². The van der Waals surface area contributed by atoms with Gasteiger partial charge in [0.1, 0.15) is 5.75 Å². The maximum Gasteiger partial charge on any atom is 0.336 e. The minimum absolute atomic E-state index is 0.150. The molecule has 4 nitrogen and oxygen atoms in total. The SMILES string of the molecule is Cc1c(OCCCCO)cccc1C(=O)O. The summed E-state index contributed by atoms with van der Waals surface area (Å²) in [6.45, 7) is 2.37. The third-order valence-electron chi connectivity index (χ3n) is 2.32. The highest BCUT2D eigenvalue weighted by molar-refractivity contribution is 5.90. The molecule has 16 heavy (non-hydrogen) atoms. The molecule has 1 rings (SSSR count). The third kappa shape index (κ3) is 3.24. The summed E-state index contributed by atoms with van der Waals surface area (Å²) in [6, 6.07) is 4.97. The van der Waals surface area contributed by atoms with E-state index in [-0.39, 0.29) is 12.2 Å². The van der Waals surface area contributed by atoms with Crippen molar-refractivity contribution < 1.29 is 19.7 Å². The van der Waals surface area contributed by atoms with Crippen LogP contribution < -0.4 is 4.74 Å². The smallest absolute Gasteiger partial charge is 0.336 e. The zero-order chi connectivity index (χ0) is 12.0. The number of aromatic carboxylic acids is 1. The number of benzene rings is 1. The maximum atomic E-state index is 10.9. The molecule has 0 radical (unpaired) electrons. The molecule has 0 saturated heterocycles. The van der Waals surface area contributed by atoms with Crippen molar-refractivity contribution in [2.45, 2.75) is 19.8 Å². The zero-order valence-electron chi connectivity index (χ0n) is 9.27. The number of carboxylic acids is 1. The van der Waals surface area contributed by atoms with Crippen molar-refractivity contribution in [3.8, 4) is 5.75 Å². The molecular formula is C12H16O4. The minimum Gasteiger partial charge on any atom is -0.493 e. The number of hydrogen-bond donors (Lipinski definition) is 2. The summed E-state index contributed by atoms with van der Waals surface area (Å²) in [5.74, 6) is -0.351. The Morgan fingerprint density at radius 3 is 2.75 bits per heavy atom. The standard InChI is InChI=1S/C12H16O4/c1-9-10(12(14)15)5-4-6-11(9)16-8-3-2-7-13/h4-6,13H,2-3,7-8H2,1H3,(H,14,15). The van der Waals surface area contributed by atoms with Gasteiger partial charge in [0.2, 0.25) is 0 Å². The number of carbonyl (C=O) groups is 1. The molecule has 0 saturated carbocycles. The molecule has 0 aromatic heterocycles. The Hall–Kier alpha value is -1.55. The predicted molar refractivity (Wildman–Crippen MR) is 60.0 cm³/mol. The summed E-state index contributed by atoms with van der Waals surface area (Å²) >= 11 is 0. The van der Waals surface area contributed by atoms with Crippen LogP contribution in [-0.4, -0.2) is 29.4 Å². The van der Waals surface area contributed by atoms with Crippen molar-refractivity contribution in [3.63, 3.8) is 0 Å². The Labute approximate surface area is 94.5 Å². The molecule has 0 aliphatic carbocycles. The van der Waals surface area contributed by atoms with Crippen molar-refractivity contribution in [2.24, 2.45) is 0 Å². The van der Waals surface area contributed by atoms with E-state index in [2.05, 4.69) is 0 Å². The fraction of sp³-hybridized carbons (Fsp3) is 0.417. The first-order chi connectivity index (χ1) is 7.66. The number of aliphatic hydroxyl groups is 1. The highest BCUT2D eigenvalue weighted by Crippen LogP contribution is 2.21. The average molecular weight is 224 g/mol. The predicted octanol–water partition coefficient (Wildman–Crippen LogP) is 1.84. The summed E-state index contributed by atoms with van der Waals surface area (Å²) in [4.78, 5) is 10.9. The summed E-state index contributed by atoms with van der Waals surface area (Å²) < 4.78 is 5.46. The topological polar surface area (TPSA) is 66.8 Å². The van der Waals surface area contributed by atoms with Crippen LogP contribution in [0, 0.1) is 6.92 Å². The van der Waals surface area contributed by atoms with E-state index < -0.39 is 5.97 Å². The molecule has 2 N–H and O–H groups in total. The van der Waals surface area contributed by atoms with Crippen LogP contribution in [-0.2, 0) is 0 Å². The van der Waals surface area contributed by atoms with E-state index in [4.69, 9.17) is 14.9 Å². The fourth-order valence-corrected chi connectivity index (χ4v) is 1.40. The second-order valence-electron chi connectivity index (χ2n) is 3.51. The van der Waals surface area contributed by atoms with Gasteiger partial charge < -0.3 is 14.9 Å². The first-order valence-corrected chi connectivity index (χ1v) is 5.23. The number of rotatable bonds is 6. The van der Waals surface area contributed by atoms with Crippen molar-refractivity contribution in [1.82, 2.24) is 0 Å². The van der Waals surface area contributed by atoms with Gasteiger partial charge in [0.05, 0.1) is 12.2 Å². The normalized spacial score (nSPS) is 10.1. The molecule has 1 aromatic carbocycles. The van der Waals surface area contributed by atoms with Gasteiger partial charge in [0, 0.05) is 12.2 Å². The van der Waals surface area contributed by atoms with Gasteiger partial charge in [-0.3, -0.25) is 0 Å². The molecule has 0 atom stereocenters. The number of ether oxygens (including phenoxy) is 1. The first-order valence-electron chi connectivity index (χ1n) is 5.23. The van der Waals surface area contributed by atoms with Crippen LogP contribution in [0.3, 0.4) is 0 Å². The monoisotopic (exact) mass is 224 g/mol. The second-order valence-corrected chi connectivity index (χ2v) is 3.51. The molecule has 0 heterocycles. The molecule has 0 spiro atoms. The first kappa shape index (κ1) is 12.5. The lowest BCUT2D eigenvalue weighted by Crippen LogP contribution is -2.04. The van der Waals surface area contributed by atoms with E-state index in [1.54, 1.807) is 25.1 Å². The number of unbranched alkanes of at least 4 members (excludes halogenated alkanes) is 1. The molecule has 0 amide bonds. The Balaban J connectivity index is 2.66. The lowest BCUT2D eigenvalue weighted by Gasteiger charge is -2.10. The van der Waals surface area contributed by atoms with E-state index >= 15 is 0 Å². The van der Waals surface area contributed by atoms with Gasteiger partial charge in [-0.05, 0) is 31.9 Å². The molecule has 0 bridgehead atoms. The van der Waals surface area contributed by atoms with Crippen LogP contribution in [0.1, 0.15) is 28.8 Å². The van der Waals surface area contributed by atoms with Crippen molar-refractivity contribution >= 4 is 5.97 Å². The van der Waals surface area contributed by atoms with Crippen molar-refractivity contribution in [3.05, 3.63) is 29.3 Å². The maximum absolute atomic E-state index is 10.9. The van der Waals surface area contributed by atoms with Crippen LogP contribution >= 0.6 is 0 Å². The molecule has 88 valence electrons. The summed E-state index contributed by atoms with van der Waals surface area (Å²) in [5, 5.41) is 17.5. The number of carboxylic acid groups (broad SMARTS) is 1. The molecule has 4 heteroatoms.